The van der Waals surface area contributed by atoms with Crippen LogP contribution < -0.4 is 10.7 Å². The molecule has 7 heteroatoms. The number of carbonyl (C=O) groups excluding carboxylic acids is 2. The molecule has 0 saturated heterocycles. The zero-order valence-electron chi connectivity index (χ0n) is 11.5. The zero-order valence-corrected chi connectivity index (χ0v) is 12.2. The first-order chi connectivity index (χ1) is 10.6. The Morgan fingerprint density at radius 3 is 2.64 bits per heavy atom. The first-order valence-electron chi connectivity index (χ1n) is 6.41. The van der Waals surface area contributed by atoms with Gasteiger partial charge in [-0.3, -0.25) is 14.6 Å². The van der Waals surface area contributed by atoms with Gasteiger partial charge >= 0.3 is 11.8 Å². The molecule has 22 heavy (non-hydrogen) atoms. The summed E-state index contributed by atoms with van der Waals surface area (Å²) in [4.78, 5) is 27.0. The van der Waals surface area contributed by atoms with Crippen LogP contribution >= 0.6 is 11.6 Å². The monoisotopic (exact) mass is 316 g/mol. The Bertz CT molecular complexity index is 672. The maximum atomic E-state index is 11.6. The number of pyridine rings is 1. The van der Waals surface area contributed by atoms with Gasteiger partial charge in [-0.05, 0) is 29.3 Å². The molecule has 0 atom stereocenters. The summed E-state index contributed by atoms with van der Waals surface area (Å²) >= 11 is 5.75. The summed E-state index contributed by atoms with van der Waals surface area (Å²) in [6.07, 6.45) is 4.66. The summed E-state index contributed by atoms with van der Waals surface area (Å²) in [5.74, 6) is -1.61. The third kappa shape index (κ3) is 4.99. The number of hydrazone groups is 1. The summed E-state index contributed by atoms with van der Waals surface area (Å²) in [6, 6.07) is 10.4. The van der Waals surface area contributed by atoms with Crippen molar-refractivity contribution in [2.75, 3.05) is 0 Å². The highest BCUT2D eigenvalue weighted by Crippen LogP contribution is 2.07. The van der Waals surface area contributed by atoms with Crippen LogP contribution in [0.3, 0.4) is 0 Å². The number of hydrogen-bond acceptors (Lipinski definition) is 4. The van der Waals surface area contributed by atoms with Gasteiger partial charge in [-0.2, -0.15) is 5.10 Å². The van der Waals surface area contributed by atoms with Crippen LogP contribution in [-0.4, -0.2) is 23.0 Å². The first kappa shape index (κ1) is 15.7. The van der Waals surface area contributed by atoms with Gasteiger partial charge in [0.15, 0.2) is 0 Å². The van der Waals surface area contributed by atoms with Crippen molar-refractivity contribution in [3.8, 4) is 0 Å². The smallest absolute Gasteiger partial charge is 0.329 e. The second kappa shape index (κ2) is 7.90. The molecular formula is C15H13ClN4O2. The van der Waals surface area contributed by atoms with Gasteiger partial charge in [0.1, 0.15) is 0 Å². The van der Waals surface area contributed by atoms with Crippen molar-refractivity contribution < 1.29 is 9.59 Å². The lowest BCUT2D eigenvalue weighted by molar-refractivity contribution is -0.139. The Labute approximate surface area is 132 Å². The predicted molar refractivity (Wildman–Crippen MR) is 83.3 cm³/mol. The number of halogens is 1. The topological polar surface area (TPSA) is 83.5 Å². The van der Waals surface area contributed by atoms with Gasteiger partial charge in [-0.1, -0.05) is 29.8 Å². The Hall–Kier alpha value is -2.73. The lowest BCUT2D eigenvalue weighted by Crippen LogP contribution is -2.37. The van der Waals surface area contributed by atoms with Gasteiger partial charge in [0.25, 0.3) is 0 Å². The molecule has 1 aromatic heterocycles. The predicted octanol–water partition coefficient (Wildman–Crippen LogP) is 1.50. The van der Waals surface area contributed by atoms with Crippen LogP contribution in [0.15, 0.2) is 53.9 Å². The zero-order chi connectivity index (χ0) is 15.8. The maximum Gasteiger partial charge on any atom is 0.329 e. The van der Waals surface area contributed by atoms with E-state index in [0.717, 1.165) is 11.1 Å². The Balaban J connectivity index is 1.79. The summed E-state index contributed by atoms with van der Waals surface area (Å²) in [6.45, 7) is 0.223. The molecule has 0 aliphatic carbocycles. The van der Waals surface area contributed by atoms with Crippen LogP contribution in [0.25, 0.3) is 0 Å². The van der Waals surface area contributed by atoms with E-state index in [2.05, 4.69) is 20.8 Å². The molecule has 0 radical (unpaired) electrons. The number of carbonyl (C=O) groups is 2. The number of benzene rings is 1. The molecule has 0 aliphatic heterocycles. The SMILES string of the molecule is O=C(NCc1cccnc1)C(=O)N/N=C\c1ccc(Cl)cc1. The van der Waals surface area contributed by atoms with E-state index in [1.807, 2.05) is 0 Å². The molecule has 0 spiro atoms. The van der Waals surface area contributed by atoms with E-state index in [9.17, 15) is 9.59 Å². The highest BCUT2D eigenvalue weighted by Gasteiger charge is 2.11. The molecule has 2 amide bonds. The van der Waals surface area contributed by atoms with Gasteiger partial charge < -0.3 is 5.32 Å². The fraction of sp³-hybridized carbons (Fsp3) is 0.0667. The maximum absolute atomic E-state index is 11.6. The fourth-order valence-electron chi connectivity index (χ4n) is 1.53. The average Bonchev–Trinajstić information content (AvgIpc) is 2.55. The molecule has 0 fully saturated rings. The van der Waals surface area contributed by atoms with Crippen molar-refractivity contribution in [3.05, 3.63) is 64.9 Å². The van der Waals surface area contributed by atoms with Gasteiger partial charge in [0.2, 0.25) is 0 Å². The number of nitrogens with zero attached hydrogens (tertiary/aromatic N) is 2. The van der Waals surface area contributed by atoms with Crippen molar-refractivity contribution >= 4 is 29.6 Å². The van der Waals surface area contributed by atoms with Crippen LogP contribution in [0.5, 0.6) is 0 Å². The third-order valence-corrected chi connectivity index (χ3v) is 2.88. The summed E-state index contributed by atoms with van der Waals surface area (Å²) in [7, 11) is 0. The molecule has 0 unspecified atom stereocenters. The second-order valence-electron chi connectivity index (χ2n) is 4.29. The van der Waals surface area contributed by atoms with Gasteiger partial charge in [0.05, 0.1) is 6.21 Å². The number of nitrogens with one attached hydrogen (secondary N) is 2. The molecule has 2 N–H and O–H groups in total. The van der Waals surface area contributed by atoms with E-state index in [1.54, 1.807) is 48.8 Å². The Morgan fingerprint density at radius 1 is 1.18 bits per heavy atom. The van der Waals surface area contributed by atoms with Crippen molar-refractivity contribution in [1.82, 2.24) is 15.7 Å². The molecule has 2 rings (SSSR count). The minimum atomic E-state index is -0.839. The van der Waals surface area contributed by atoms with E-state index in [1.165, 1.54) is 6.21 Å². The van der Waals surface area contributed by atoms with Gasteiger partial charge in [0, 0.05) is 24.0 Å². The minimum Gasteiger partial charge on any atom is -0.344 e. The molecule has 1 heterocycles. The normalized spacial score (nSPS) is 10.4. The molecule has 112 valence electrons. The van der Waals surface area contributed by atoms with Crippen LogP contribution in [-0.2, 0) is 16.1 Å². The molecule has 0 bridgehead atoms. The Morgan fingerprint density at radius 2 is 1.95 bits per heavy atom. The average molecular weight is 317 g/mol. The lowest BCUT2D eigenvalue weighted by Gasteiger charge is -2.03. The van der Waals surface area contributed by atoms with E-state index in [-0.39, 0.29) is 6.54 Å². The van der Waals surface area contributed by atoms with E-state index in [4.69, 9.17) is 11.6 Å². The largest absolute Gasteiger partial charge is 0.344 e. The lowest BCUT2D eigenvalue weighted by atomic mass is 10.2. The van der Waals surface area contributed by atoms with Crippen molar-refractivity contribution in [2.24, 2.45) is 5.10 Å². The molecule has 0 saturated carbocycles. The summed E-state index contributed by atoms with van der Waals surface area (Å²) in [5, 5.41) is 6.79. The quantitative estimate of drug-likeness (QED) is 0.509. The minimum absolute atomic E-state index is 0.223. The van der Waals surface area contributed by atoms with E-state index >= 15 is 0 Å². The molecule has 1 aromatic carbocycles. The first-order valence-corrected chi connectivity index (χ1v) is 6.78. The molecule has 6 nitrogen and oxygen atoms in total. The third-order valence-electron chi connectivity index (χ3n) is 2.63. The summed E-state index contributed by atoms with van der Waals surface area (Å²) in [5.41, 5.74) is 3.70. The van der Waals surface area contributed by atoms with Crippen molar-refractivity contribution in [2.45, 2.75) is 6.54 Å². The van der Waals surface area contributed by atoms with Crippen molar-refractivity contribution in [3.63, 3.8) is 0 Å². The van der Waals surface area contributed by atoms with E-state index < -0.39 is 11.8 Å². The fourth-order valence-corrected chi connectivity index (χ4v) is 1.66. The highest BCUT2D eigenvalue weighted by molar-refractivity contribution is 6.35. The standard InChI is InChI=1S/C15H13ClN4O2/c16-13-5-3-11(4-6-13)10-19-20-15(22)14(21)18-9-12-2-1-7-17-8-12/h1-8,10H,9H2,(H,18,21)(H,20,22)/b19-10-. The molecule has 2 aromatic rings. The van der Waals surface area contributed by atoms with Crippen LogP contribution in [0, 0.1) is 0 Å². The number of rotatable bonds is 4. The second-order valence-corrected chi connectivity index (χ2v) is 4.73. The Kier molecular flexibility index (Phi) is 5.62. The van der Waals surface area contributed by atoms with Crippen LogP contribution in [0.2, 0.25) is 5.02 Å². The number of hydrogen-bond donors (Lipinski definition) is 2. The van der Waals surface area contributed by atoms with Crippen LogP contribution in [0.1, 0.15) is 11.1 Å². The summed E-state index contributed by atoms with van der Waals surface area (Å²) < 4.78 is 0. The van der Waals surface area contributed by atoms with E-state index in [0.29, 0.717) is 5.02 Å². The number of amides is 2. The highest BCUT2D eigenvalue weighted by atomic mass is 35.5. The van der Waals surface area contributed by atoms with Gasteiger partial charge in [-0.25, -0.2) is 5.43 Å². The van der Waals surface area contributed by atoms with Crippen LogP contribution in [0.4, 0.5) is 0 Å². The van der Waals surface area contributed by atoms with Crippen molar-refractivity contribution in [1.29, 1.82) is 0 Å². The molecule has 0 aliphatic rings. The number of aromatic nitrogens is 1. The van der Waals surface area contributed by atoms with Gasteiger partial charge in [-0.15, -0.1) is 0 Å². The molecular weight excluding hydrogens is 304 g/mol.